The molecular formula is C9H9ClN2O2S. The molecule has 6 heteroatoms. The summed E-state index contributed by atoms with van der Waals surface area (Å²) in [6.45, 7) is 3.72. The lowest BCUT2D eigenvalue weighted by Crippen LogP contribution is -2.12. The Hall–Kier alpha value is -1.25. The number of anilines is 1. The third-order valence-corrected chi connectivity index (χ3v) is 3.13. The Bertz CT molecular complexity index is 422. The highest BCUT2D eigenvalue weighted by atomic mass is 35.5. The molecule has 0 atom stereocenters. The largest absolute Gasteiger partial charge is 0.433 e. The smallest absolute Gasteiger partial charge is 0.413 e. The number of carbonyl (C=O) groups excluding carboxylic acids is 1. The van der Waals surface area contributed by atoms with Crippen molar-refractivity contribution in [2.24, 2.45) is 0 Å². The fourth-order valence-electron chi connectivity index (χ4n) is 1.03. The number of aryl methyl sites for hydroxylation is 1. The van der Waals surface area contributed by atoms with Crippen LogP contribution in [0.4, 0.5) is 9.80 Å². The number of hydrogen-bond acceptors (Lipinski definition) is 4. The molecule has 0 unspecified atom stereocenters. The first kappa shape index (κ1) is 11.8. The van der Waals surface area contributed by atoms with Crippen molar-refractivity contribution in [2.45, 2.75) is 13.8 Å². The average Bonchev–Trinajstić information content (AvgIpc) is 2.42. The van der Waals surface area contributed by atoms with Gasteiger partial charge in [-0.2, -0.15) is 5.26 Å². The third kappa shape index (κ3) is 2.61. The predicted molar refractivity (Wildman–Crippen MR) is 59.3 cm³/mol. The van der Waals surface area contributed by atoms with Crippen molar-refractivity contribution >= 4 is 34.0 Å². The van der Waals surface area contributed by atoms with E-state index in [1.54, 1.807) is 0 Å². The highest BCUT2D eigenvalue weighted by Crippen LogP contribution is 2.31. The van der Waals surface area contributed by atoms with E-state index in [0.29, 0.717) is 10.6 Å². The van der Waals surface area contributed by atoms with Crippen molar-refractivity contribution in [1.29, 1.82) is 5.26 Å². The van der Waals surface area contributed by atoms with Gasteiger partial charge in [0.05, 0.1) is 5.56 Å². The number of nitrogens with one attached hydrogen (secondary N) is 1. The molecule has 80 valence electrons. The van der Waals surface area contributed by atoms with Crippen LogP contribution in [0.25, 0.3) is 0 Å². The van der Waals surface area contributed by atoms with Crippen molar-refractivity contribution < 1.29 is 9.53 Å². The molecule has 1 amide bonds. The fraction of sp³-hybridized carbons (Fsp3) is 0.333. The second kappa shape index (κ2) is 5.01. The molecule has 4 nitrogen and oxygen atoms in total. The van der Waals surface area contributed by atoms with E-state index in [2.05, 4.69) is 10.1 Å². The van der Waals surface area contributed by atoms with E-state index in [1.165, 1.54) is 11.3 Å². The lowest BCUT2D eigenvalue weighted by molar-refractivity contribution is 0.180. The predicted octanol–water partition coefficient (Wildman–Crippen LogP) is 2.98. The Labute approximate surface area is 96.4 Å². The number of nitrogens with zero attached hydrogens (tertiary/aromatic N) is 1. The Morgan fingerprint density at radius 1 is 1.67 bits per heavy atom. The zero-order valence-electron chi connectivity index (χ0n) is 8.26. The summed E-state index contributed by atoms with van der Waals surface area (Å²) in [6, 6.07) is 1.83. The molecule has 0 aliphatic carbocycles. The van der Waals surface area contributed by atoms with Gasteiger partial charge in [0.25, 0.3) is 0 Å². The highest BCUT2D eigenvalue weighted by Gasteiger charge is 2.14. The van der Waals surface area contributed by atoms with E-state index in [0.717, 1.165) is 10.4 Å². The van der Waals surface area contributed by atoms with Crippen LogP contribution in [-0.4, -0.2) is 12.2 Å². The Morgan fingerprint density at radius 2 is 2.33 bits per heavy atom. The Balaban J connectivity index is 2.91. The van der Waals surface area contributed by atoms with Gasteiger partial charge < -0.3 is 4.74 Å². The van der Waals surface area contributed by atoms with Crippen LogP contribution in [0.15, 0.2) is 0 Å². The van der Waals surface area contributed by atoms with Gasteiger partial charge in [-0.3, -0.25) is 5.32 Å². The van der Waals surface area contributed by atoms with E-state index in [1.807, 2.05) is 19.9 Å². The van der Waals surface area contributed by atoms with Gasteiger partial charge in [-0.05, 0) is 19.4 Å². The quantitative estimate of drug-likeness (QED) is 0.814. The molecule has 0 saturated carbocycles. The van der Waals surface area contributed by atoms with Crippen LogP contribution in [0.2, 0.25) is 0 Å². The summed E-state index contributed by atoms with van der Waals surface area (Å²) in [7, 11) is 0. The number of hydrogen-bond donors (Lipinski definition) is 1. The van der Waals surface area contributed by atoms with Crippen LogP contribution in [0, 0.1) is 25.2 Å². The number of halogens is 1. The number of carbonyl (C=O) groups is 1. The maximum absolute atomic E-state index is 11.1. The monoisotopic (exact) mass is 244 g/mol. The fourth-order valence-corrected chi connectivity index (χ4v) is 2.12. The van der Waals surface area contributed by atoms with Crippen LogP contribution in [0.1, 0.15) is 16.0 Å². The number of amides is 1. The average molecular weight is 245 g/mol. The minimum Gasteiger partial charge on any atom is -0.433 e. The normalized spacial score (nSPS) is 9.47. The minimum absolute atomic E-state index is 0.211. The molecule has 0 fully saturated rings. The molecule has 0 radical (unpaired) electrons. The number of ether oxygens (including phenoxy) is 1. The molecule has 0 aromatic carbocycles. The van der Waals surface area contributed by atoms with Crippen LogP contribution in [0.3, 0.4) is 0 Å². The summed E-state index contributed by atoms with van der Waals surface area (Å²) >= 11 is 6.57. The summed E-state index contributed by atoms with van der Waals surface area (Å²) in [6.07, 6.45) is -0.650. The van der Waals surface area contributed by atoms with Gasteiger partial charge in [0.15, 0.2) is 6.07 Å². The molecule has 0 spiro atoms. The number of nitriles is 1. The molecule has 1 heterocycles. The van der Waals surface area contributed by atoms with Crippen LogP contribution in [0.5, 0.6) is 0 Å². The molecule has 1 rings (SSSR count). The summed E-state index contributed by atoms with van der Waals surface area (Å²) < 4.78 is 4.51. The lowest BCUT2D eigenvalue weighted by Gasteiger charge is -2.01. The maximum Gasteiger partial charge on any atom is 0.413 e. The van der Waals surface area contributed by atoms with Crippen molar-refractivity contribution in [2.75, 3.05) is 11.4 Å². The van der Waals surface area contributed by atoms with E-state index < -0.39 is 6.09 Å². The third-order valence-electron chi connectivity index (χ3n) is 1.90. The summed E-state index contributed by atoms with van der Waals surface area (Å²) in [4.78, 5) is 12.1. The van der Waals surface area contributed by atoms with Gasteiger partial charge in [0.2, 0.25) is 0 Å². The minimum atomic E-state index is -0.650. The van der Waals surface area contributed by atoms with Crippen LogP contribution >= 0.6 is 22.9 Å². The number of rotatable bonds is 2. The lowest BCUT2D eigenvalue weighted by atomic mass is 10.2. The first-order chi connectivity index (χ1) is 7.10. The van der Waals surface area contributed by atoms with Crippen LogP contribution < -0.4 is 5.32 Å². The van der Waals surface area contributed by atoms with Crippen LogP contribution in [-0.2, 0) is 4.74 Å². The highest BCUT2D eigenvalue weighted by molar-refractivity contribution is 7.16. The first-order valence-corrected chi connectivity index (χ1v) is 5.45. The second-order valence-corrected chi connectivity index (χ2v) is 4.21. The zero-order valence-corrected chi connectivity index (χ0v) is 9.83. The molecule has 0 saturated heterocycles. The van der Waals surface area contributed by atoms with Crippen molar-refractivity contribution in [3.63, 3.8) is 0 Å². The van der Waals surface area contributed by atoms with Gasteiger partial charge in [0, 0.05) is 4.88 Å². The maximum atomic E-state index is 11.1. The van der Waals surface area contributed by atoms with Gasteiger partial charge in [-0.1, -0.05) is 11.6 Å². The van der Waals surface area contributed by atoms with Gasteiger partial charge >= 0.3 is 6.09 Å². The number of thiophene rings is 1. The van der Waals surface area contributed by atoms with Gasteiger partial charge in [-0.15, -0.1) is 11.3 Å². The van der Waals surface area contributed by atoms with E-state index >= 15 is 0 Å². The Morgan fingerprint density at radius 3 is 2.87 bits per heavy atom. The molecule has 1 N–H and O–H groups in total. The molecule has 15 heavy (non-hydrogen) atoms. The summed E-state index contributed by atoms with van der Waals surface area (Å²) in [5.74, 6) is 0. The molecule has 0 aliphatic rings. The first-order valence-electron chi connectivity index (χ1n) is 4.10. The van der Waals surface area contributed by atoms with Gasteiger partial charge in [0.1, 0.15) is 11.1 Å². The van der Waals surface area contributed by atoms with Gasteiger partial charge in [-0.25, -0.2) is 4.79 Å². The van der Waals surface area contributed by atoms with Crippen molar-refractivity contribution in [1.82, 2.24) is 0 Å². The SMILES string of the molecule is Cc1sc(NC(=O)OCCl)c(C#N)c1C. The van der Waals surface area contributed by atoms with Crippen molar-refractivity contribution in [3.05, 3.63) is 16.0 Å². The Kier molecular flexibility index (Phi) is 3.95. The van der Waals surface area contributed by atoms with E-state index in [9.17, 15) is 4.79 Å². The van der Waals surface area contributed by atoms with Crippen molar-refractivity contribution in [3.8, 4) is 6.07 Å². The number of alkyl halides is 1. The molecule has 1 aromatic rings. The van der Waals surface area contributed by atoms with E-state index in [-0.39, 0.29) is 6.07 Å². The molecular weight excluding hydrogens is 236 g/mol. The zero-order chi connectivity index (χ0) is 11.4. The summed E-state index contributed by atoms with van der Waals surface area (Å²) in [5, 5.41) is 11.9. The topological polar surface area (TPSA) is 62.1 Å². The standard InChI is InChI=1S/C9H9ClN2O2S/c1-5-6(2)15-8(7(5)3-11)12-9(13)14-4-10/h4H2,1-2H3,(H,12,13). The second-order valence-electron chi connectivity index (χ2n) is 2.77. The molecule has 0 bridgehead atoms. The molecule has 0 aliphatic heterocycles. The van der Waals surface area contributed by atoms with E-state index in [4.69, 9.17) is 16.9 Å². The molecule has 1 aromatic heterocycles. The summed E-state index contributed by atoms with van der Waals surface area (Å²) in [5.41, 5.74) is 1.35.